The molecule has 0 aliphatic heterocycles. The van der Waals surface area contributed by atoms with E-state index in [1.165, 1.54) is 11.3 Å². The van der Waals surface area contributed by atoms with Crippen LogP contribution in [0, 0.1) is 5.38 Å². The number of benzene rings is 1. The van der Waals surface area contributed by atoms with Crippen molar-refractivity contribution in [3.8, 4) is 0 Å². The van der Waals surface area contributed by atoms with E-state index in [1.54, 1.807) is 0 Å². The maximum absolute atomic E-state index is 4.05. The van der Waals surface area contributed by atoms with E-state index < -0.39 is 0 Å². The molecule has 0 atom stereocenters. The molecule has 63 valence electrons. The summed E-state index contributed by atoms with van der Waals surface area (Å²) in [6, 6.07) is 11.5. The first kappa shape index (κ1) is 8.13. The lowest BCUT2D eigenvalue weighted by atomic mass is 10.3. The van der Waals surface area contributed by atoms with Crippen molar-refractivity contribution < 1.29 is 0 Å². The Kier molecular flexibility index (Phi) is 2.48. The first-order valence-electron chi connectivity index (χ1n) is 3.87. The van der Waals surface area contributed by atoms with Crippen LogP contribution in [-0.4, -0.2) is 0 Å². The van der Waals surface area contributed by atoms with E-state index in [9.17, 15) is 0 Å². The van der Waals surface area contributed by atoms with Crippen molar-refractivity contribution in [2.75, 3.05) is 0 Å². The molecule has 0 N–H and O–H groups in total. The van der Waals surface area contributed by atoms with Crippen molar-refractivity contribution in [3.05, 3.63) is 47.2 Å². The molecule has 0 aliphatic carbocycles. The second-order valence-corrected chi connectivity index (χ2v) is 3.16. The molecule has 2 nitrogen and oxygen atoms in total. The predicted octanol–water partition coefficient (Wildman–Crippen LogP) is 3.96. The second kappa shape index (κ2) is 3.96. The van der Waals surface area contributed by atoms with Crippen LogP contribution in [-0.2, 0) is 0 Å². The summed E-state index contributed by atoms with van der Waals surface area (Å²) in [6.07, 6.45) is 0. The molecule has 2 rings (SSSR count). The number of thiophene rings is 1. The first-order valence-corrected chi connectivity index (χ1v) is 4.75. The molecule has 0 bridgehead atoms. The van der Waals surface area contributed by atoms with Gasteiger partial charge in [-0.05, 0) is 23.6 Å². The second-order valence-electron chi connectivity index (χ2n) is 2.44. The van der Waals surface area contributed by atoms with E-state index in [-0.39, 0.29) is 0 Å². The third-order valence-electron chi connectivity index (χ3n) is 1.49. The Balaban J connectivity index is 2.15. The van der Waals surface area contributed by atoms with Gasteiger partial charge in [-0.3, -0.25) is 0 Å². The minimum Gasteiger partial charge on any atom is -0.151 e. The lowest BCUT2D eigenvalue weighted by Crippen LogP contribution is -1.59. The number of hydrogen-bond donors (Lipinski definition) is 0. The third-order valence-corrected chi connectivity index (χ3v) is 2.09. The highest BCUT2D eigenvalue weighted by molar-refractivity contribution is 7.07. The van der Waals surface area contributed by atoms with Crippen LogP contribution < -0.4 is 0 Å². The van der Waals surface area contributed by atoms with Crippen molar-refractivity contribution in [1.29, 1.82) is 0 Å². The average molecular weight is 187 g/mol. The fraction of sp³-hybridized carbons (Fsp3) is 0. The molecule has 1 radical (unpaired) electrons. The van der Waals surface area contributed by atoms with Crippen LogP contribution in [0.2, 0.25) is 0 Å². The van der Waals surface area contributed by atoms with Gasteiger partial charge in [0.1, 0.15) is 5.69 Å². The lowest BCUT2D eigenvalue weighted by Gasteiger charge is -1.87. The van der Waals surface area contributed by atoms with Crippen LogP contribution in [0.3, 0.4) is 0 Å². The van der Waals surface area contributed by atoms with E-state index in [0.717, 1.165) is 11.4 Å². The van der Waals surface area contributed by atoms with E-state index >= 15 is 0 Å². The van der Waals surface area contributed by atoms with E-state index in [4.69, 9.17) is 0 Å². The third kappa shape index (κ3) is 2.23. The molecule has 0 saturated heterocycles. The van der Waals surface area contributed by atoms with Crippen LogP contribution in [0.15, 0.2) is 52.0 Å². The van der Waals surface area contributed by atoms with Gasteiger partial charge in [0.15, 0.2) is 0 Å². The van der Waals surface area contributed by atoms with Gasteiger partial charge in [-0.2, -0.15) is 5.11 Å². The molecule has 0 spiro atoms. The summed E-state index contributed by atoms with van der Waals surface area (Å²) in [6.45, 7) is 0. The lowest BCUT2D eigenvalue weighted by molar-refractivity contribution is 1.24. The quantitative estimate of drug-likeness (QED) is 0.636. The van der Waals surface area contributed by atoms with Crippen LogP contribution in [0.1, 0.15) is 0 Å². The zero-order valence-electron chi connectivity index (χ0n) is 6.84. The fourth-order valence-corrected chi connectivity index (χ4v) is 1.38. The number of azo groups is 1. The summed E-state index contributed by atoms with van der Waals surface area (Å²) in [4.78, 5) is 0. The molecule has 0 saturated carbocycles. The Labute approximate surface area is 80.6 Å². The molecule has 3 heteroatoms. The Morgan fingerprint density at radius 2 is 1.85 bits per heavy atom. The summed E-state index contributed by atoms with van der Waals surface area (Å²) < 4.78 is 0. The molecular formula is C10H7N2S. The number of rotatable bonds is 2. The van der Waals surface area contributed by atoms with E-state index in [0.29, 0.717) is 0 Å². The topological polar surface area (TPSA) is 24.7 Å². The van der Waals surface area contributed by atoms with Crippen LogP contribution in [0.25, 0.3) is 0 Å². The Bertz CT molecular complexity index is 379. The maximum Gasteiger partial charge on any atom is 0.105 e. The van der Waals surface area contributed by atoms with Crippen molar-refractivity contribution >= 4 is 22.7 Å². The van der Waals surface area contributed by atoms with Gasteiger partial charge in [0.25, 0.3) is 0 Å². The first-order chi connectivity index (χ1) is 6.45. The molecule has 0 aliphatic rings. The van der Waals surface area contributed by atoms with Crippen molar-refractivity contribution in [2.45, 2.75) is 0 Å². The van der Waals surface area contributed by atoms with Crippen LogP contribution in [0.5, 0.6) is 0 Å². The maximum atomic E-state index is 4.05. The molecule has 2 aromatic rings. The van der Waals surface area contributed by atoms with Gasteiger partial charge >= 0.3 is 0 Å². The predicted molar refractivity (Wildman–Crippen MR) is 53.8 cm³/mol. The summed E-state index contributed by atoms with van der Waals surface area (Å²) in [5.74, 6) is 0. The van der Waals surface area contributed by atoms with Gasteiger partial charge in [0.05, 0.1) is 11.1 Å². The van der Waals surface area contributed by atoms with Gasteiger partial charge < -0.3 is 0 Å². The minimum absolute atomic E-state index is 0.786. The number of nitrogens with zero attached hydrogens (tertiary/aromatic N) is 2. The van der Waals surface area contributed by atoms with Crippen LogP contribution >= 0.6 is 11.3 Å². The molecular weight excluding hydrogens is 180 g/mol. The standard InChI is InChI=1S/C10H7N2S/c1-2-4-9(5-3-1)11-12-10-6-7-13-8-10/h1-7H/b12-11+. The fourth-order valence-electron chi connectivity index (χ4n) is 0.887. The Hall–Kier alpha value is -1.48. The molecule has 1 heterocycles. The van der Waals surface area contributed by atoms with Gasteiger partial charge in [-0.15, -0.1) is 16.5 Å². The minimum atomic E-state index is 0.786. The largest absolute Gasteiger partial charge is 0.151 e. The monoisotopic (exact) mass is 187 g/mol. The van der Waals surface area contributed by atoms with E-state index in [2.05, 4.69) is 15.6 Å². The molecule has 1 aromatic carbocycles. The molecule has 0 fully saturated rings. The highest BCUT2D eigenvalue weighted by atomic mass is 32.1. The Morgan fingerprint density at radius 3 is 2.54 bits per heavy atom. The van der Waals surface area contributed by atoms with Crippen LogP contribution in [0.4, 0.5) is 11.4 Å². The average Bonchev–Trinajstić information content (AvgIpc) is 2.69. The molecule has 0 amide bonds. The summed E-state index contributed by atoms with van der Waals surface area (Å²) in [5.41, 5.74) is 1.65. The number of hydrogen-bond acceptors (Lipinski definition) is 3. The van der Waals surface area contributed by atoms with Gasteiger partial charge in [0.2, 0.25) is 0 Å². The van der Waals surface area contributed by atoms with Gasteiger partial charge in [-0.25, -0.2) is 0 Å². The van der Waals surface area contributed by atoms with E-state index in [1.807, 2.05) is 41.8 Å². The summed E-state index contributed by atoms with van der Waals surface area (Å²) >= 11 is 1.50. The van der Waals surface area contributed by atoms with Crippen molar-refractivity contribution in [3.63, 3.8) is 0 Å². The highest BCUT2D eigenvalue weighted by Gasteiger charge is 1.88. The van der Waals surface area contributed by atoms with Crippen molar-refractivity contribution in [2.24, 2.45) is 10.2 Å². The van der Waals surface area contributed by atoms with Gasteiger partial charge in [-0.1, -0.05) is 18.2 Å². The zero-order chi connectivity index (χ0) is 8.93. The summed E-state index contributed by atoms with van der Waals surface area (Å²) in [7, 11) is 0. The molecule has 13 heavy (non-hydrogen) atoms. The highest BCUT2D eigenvalue weighted by Crippen LogP contribution is 2.18. The SMILES string of the molecule is [c]1sccc1/N=N/c1ccccc1. The smallest absolute Gasteiger partial charge is 0.105 e. The van der Waals surface area contributed by atoms with Gasteiger partial charge in [0, 0.05) is 0 Å². The molecule has 0 unspecified atom stereocenters. The normalized spacial score (nSPS) is 10.8. The Morgan fingerprint density at radius 1 is 1.00 bits per heavy atom. The summed E-state index contributed by atoms with van der Waals surface area (Å²) in [5, 5.41) is 13.0. The van der Waals surface area contributed by atoms with Crippen molar-refractivity contribution in [1.82, 2.24) is 0 Å². The molecule has 1 aromatic heterocycles. The zero-order valence-corrected chi connectivity index (χ0v) is 7.66.